The lowest BCUT2D eigenvalue weighted by Crippen LogP contribution is -2.31. The minimum atomic E-state index is 0.490. The molecule has 1 aliphatic heterocycles. The largest absolute Gasteiger partial charge is 0.380 e. The number of hydrogen-bond acceptors (Lipinski definition) is 2. The summed E-state index contributed by atoms with van der Waals surface area (Å²) >= 11 is 0. The zero-order valence-electron chi connectivity index (χ0n) is 7.84. The Morgan fingerprint density at radius 3 is 2.82 bits per heavy atom. The Bertz CT molecular complexity index is 116. The zero-order valence-corrected chi connectivity index (χ0v) is 7.84. The highest BCUT2D eigenvalue weighted by Crippen LogP contribution is 2.15. The molecular weight excluding hydrogens is 138 g/mol. The van der Waals surface area contributed by atoms with Crippen LogP contribution in [-0.2, 0) is 4.74 Å². The van der Waals surface area contributed by atoms with Crippen LogP contribution in [-0.4, -0.2) is 37.2 Å². The van der Waals surface area contributed by atoms with E-state index in [0.717, 1.165) is 12.6 Å². The van der Waals surface area contributed by atoms with Crippen molar-refractivity contribution in [3.8, 4) is 0 Å². The summed E-state index contributed by atoms with van der Waals surface area (Å²) in [5.74, 6) is 0. The van der Waals surface area contributed by atoms with Gasteiger partial charge in [-0.3, -0.25) is 4.90 Å². The normalized spacial score (nSPS) is 29.2. The van der Waals surface area contributed by atoms with Gasteiger partial charge in [0, 0.05) is 26.2 Å². The minimum Gasteiger partial charge on any atom is -0.380 e. The highest BCUT2D eigenvalue weighted by Gasteiger charge is 2.24. The molecule has 0 N–H and O–H groups in total. The number of likely N-dealkylation sites (tertiary alicyclic amines) is 1. The molecule has 0 amide bonds. The van der Waals surface area contributed by atoms with Crippen molar-refractivity contribution in [3.05, 3.63) is 0 Å². The van der Waals surface area contributed by atoms with E-state index in [9.17, 15) is 0 Å². The quantitative estimate of drug-likeness (QED) is 0.615. The molecule has 0 saturated carbocycles. The molecule has 2 atom stereocenters. The smallest absolute Gasteiger partial charge is 0.0710 e. The molecule has 2 nitrogen and oxygen atoms in total. The molecule has 1 fully saturated rings. The van der Waals surface area contributed by atoms with Crippen LogP contribution in [0, 0.1) is 0 Å². The SMILES string of the molecule is CCC(C)N1CCC(OC)C1. The van der Waals surface area contributed by atoms with Crippen molar-refractivity contribution in [2.24, 2.45) is 0 Å². The maximum absolute atomic E-state index is 5.29. The van der Waals surface area contributed by atoms with E-state index < -0.39 is 0 Å². The predicted molar refractivity (Wildman–Crippen MR) is 46.7 cm³/mol. The van der Waals surface area contributed by atoms with Crippen molar-refractivity contribution in [1.82, 2.24) is 4.90 Å². The van der Waals surface area contributed by atoms with E-state index in [2.05, 4.69) is 18.7 Å². The van der Waals surface area contributed by atoms with E-state index in [-0.39, 0.29) is 0 Å². The molecule has 0 radical (unpaired) electrons. The van der Waals surface area contributed by atoms with Gasteiger partial charge in [-0.15, -0.1) is 0 Å². The van der Waals surface area contributed by atoms with E-state index in [0.29, 0.717) is 6.10 Å². The van der Waals surface area contributed by atoms with Gasteiger partial charge in [0.1, 0.15) is 0 Å². The zero-order chi connectivity index (χ0) is 8.27. The molecule has 0 bridgehead atoms. The molecule has 1 heterocycles. The van der Waals surface area contributed by atoms with E-state index in [1.54, 1.807) is 0 Å². The summed E-state index contributed by atoms with van der Waals surface area (Å²) < 4.78 is 5.29. The second kappa shape index (κ2) is 4.07. The molecule has 0 aliphatic carbocycles. The Morgan fingerprint density at radius 2 is 2.36 bits per heavy atom. The maximum atomic E-state index is 5.29. The molecule has 0 aromatic carbocycles. The van der Waals surface area contributed by atoms with Crippen LogP contribution in [0.15, 0.2) is 0 Å². The average Bonchev–Trinajstić information content (AvgIpc) is 2.50. The predicted octanol–water partition coefficient (Wildman–Crippen LogP) is 1.51. The molecule has 1 rings (SSSR count). The summed E-state index contributed by atoms with van der Waals surface area (Å²) in [7, 11) is 1.81. The Hall–Kier alpha value is -0.0800. The number of nitrogens with zero attached hydrogens (tertiary/aromatic N) is 1. The first kappa shape index (κ1) is 9.01. The van der Waals surface area contributed by atoms with Gasteiger partial charge in [0.2, 0.25) is 0 Å². The van der Waals surface area contributed by atoms with Crippen molar-refractivity contribution in [2.75, 3.05) is 20.2 Å². The Morgan fingerprint density at radius 1 is 1.64 bits per heavy atom. The summed E-state index contributed by atoms with van der Waals surface area (Å²) in [6.45, 7) is 6.88. The third-order valence-corrected chi connectivity index (χ3v) is 2.72. The van der Waals surface area contributed by atoms with Gasteiger partial charge in [0.05, 0.1) is 6.10 Å². The summed E-state index contributed by atoms with van der Waals surface area (Å²) in [6.07, 6.45) is 2.95. The molecule has 2 unspecified atom stereocenters. The van der Waals surface area contributed by atoms with Crippen molar-refractivity contribution < 1.29 is 4.74 Å². The van der Waals surface area contributed by atoms with Crippen LogP contribution in [0.3, 0.4) is 0 Å². The van der Waals surface area contributed by atoms with Gasteiger partial charge in [0.15, 0.2) is 0 Å². The second-order valence-electron chi connectivity index (χ2n) is 3.40. The van der Waals surface area contributed by atoms with Crippen LogP contribution in [0.25, 0.3) is 0 Å². The number of methoxy groups -OCH3 is 1. The third-order valence-electron chi connectivity index (χ3n) is 2.72. The summed E-state index contributed by atoms with van der Waals surface area (Å²) in [5.41, 5.74) is 0. The molecular formula is C9H19NO. The van der Waals surface area contributed by atoms with Crippen LogP contribution < -0.4 is 0 Å². The van der Waals surface area contributed by atoms with Crippen LogP contribution in [0.2, 0.25) is 0 Å². The van der Waals surface area contributed by atoms with E-state index in [4.69, 9.17) is 4.74 Å². The lowest BCUT2D eigenvalue weighted by molar-refractivity contribution is 0.102. The highest BCUT2D eigenvalue weighted by atomic mass is 16.5. The molecule has 0 aromatic rings. The van der Waals surface area contributed by atoms with Gasteiger partial charge in [0.25, 0.3) is 0 Å². The molecule has 1 aliphatic rings. The first-order valence-corrected chi connectivity index (χ1v) is 4.54. The van der Waals surface area contributed by atoms with Gasteiger partial charge >= 0.3 is 0 Å². The van der Waals surface area contributed by atoms with Crippen LogP contribution in [0.5, 0.6) is 0 Å². The molecule has 66 valence electrons. The standard InChI is InChI=1S/C9H19NO/c1-4-8(2)10-6-5-9(7-10)11-3/h8-9H,4-7H2,1-3H3. The maximum Gasteiger partial charge on any atom is 0.0710 e. The van der Waals surface area contributed by atoms with Gasteiger partial charge in [-0.05, 0) is 19.8 Å². The lowest BCUT2D eigenvalue weighted by Gasteiger charge is -2.22. The first-order chi connectivity index (χ1) is 5.27. The van der Waals surface area contributed by atoms with Crippen molar-refractivity contribution >= 4 is 0 Å². The summed E-state index contributed by atoms with van der Waals surface area (Å²) in [6, 6.07) is 0.732. The van der Waals surface area contributed by atoms with E-state index in [1.165, 1.54) is 19.4 Å². The second-order valence-corrected chi connectivity index (χ2v) is 3.40. The Balaban J connectivity index is 2.29. The molecule has 1 saturated heterocycles. The molecule has 11 heavy (non-hydrogen) atoms. The van der Waals surface area contributed by atoms with Crippen molar-refractivity contribution in [3.63, 3.8) is 0 Å². The average molecular weight is 157 g/mol. The summed E-state index contributed by atoms with van der Waals surface area (Å²) in [5, 5.41) is 0. The number of ether oxygens (including phenoxy) is 1. The fraction of sp³-hybridized carbons (Fsp3) is 1.00. The molecule has 2 heteroatoms. The van der Waals surface area contributed by atoms with Gasteiger partial charge in [-0.1, -0.05) is 6.92 Å². The van der Waals surface area contributed by atoms with E-state index >= 15 is 0 Å². The van der Waals surface area contributed by atoms with Gasteiger partial charge < -0.3 is 4.74 Å². The van der Waals surface area contributed by atoms with Gasteiger partial charge in [-0.2, -0.15) is 0 Å². The topological polar surface area (TPSA) is 12.5 Å². The van der Waals surface area contributed by atoms with Crippen LogP contribution >= 0.6 is 0 Å². The van der Waals surface area contributed by atoms with Crippen molar-refractivity contribution in [2.45, 2.75) is 38.8 Å². The highest BCUT2D eigenvalue weighted by molar-refractivity contribution is 4.78. The fourth-order valence-electron chi connectivity index (χ4n) is 1.60. The Labute approximate surface area is 69.5 Å². The van der Waals surface area contributed by atoms with Crippen molar-refractivity contribution in [1.29, 1.82) is 0 Å². The number of rotatable bonds is 3. The summed E-state index contributed by atoms with van der Waals surface area (Å²) in [4.78, 5) is 2.51. The minimum absolute atomic E-state index is 0.490. The molecule has 0 spiro atoms. The lowest BCUT2D eigenvalue weighted by atomic mass is 10.2. The third kappa shape index (κ3) is 2.17. The van der Waals surface area contributed by atoms with E-state index in [1.807, 2.05) is 7.11 Å². The monoisotopic (exact) mass is 157 g/mol. The van der Waals surface area contributed by atoms with Crippen LogP contribution in [0.1, 0.15) is 26.7 Å². The Kier molecular flexibility index (Phi) is 3.34. The van der Waals surface area contributed by atoms with Crippen LogP contribution in [0.4, 0.5) is 0 Å². The first-order valence-electron chi connectivity index (χ1n) is 4.54. The van der Waals surface area contributed by atoms with Gasteiger partial charge in [-0.25, -0.2) is 0 Å². The molecule has 0 aromatic heterocycles. The number of hydrogen-bond donors (Lipinski definition) is 0. The fourth-order valence-corrected chi connectivity index (χ4v) is 1.60.